The van der Waals surface area contributed by atoms with Crippen molar-refractivity contribution in [2.45, 2.75) is 31.5 Å². The summed E-state index contributed by atoms with van der Waals surface area (Å²) < 4.78 is 10.8. The lowest BCUT2D eigenvalue weighted by molar-refractivity contribution is -0.155. The summed E-state index contributed by atoms with van der Waals surface area (Å²) in [4.78, 5) is 26.2. The van der Waals surface area contributed by atoms with Gasteiger partial charge in [0.2, 0.25) is 11.8 Å². The quantitative estimate of drug-likeness (QED) is 0.868. The van der Waals surface area contributed by atoms with Crippen molar-refractivity contribution in [3.05, 3.63) is 35.9 Å². The molecule has 2 heterocycles. The van der Waals surface area contributed by atoms with Gasteiger partial charge < -0.3 is 19.7 Å². The minimum Gasteiger partial charge on any atom is -0.376 e. The molecule has 23 heavy (non-hydrogen) atoms. The average molecular weight is 318 g/mol. The van der Waals surface area contributed by atoms with Gasteiger partial charge in [-0.2, -0.15) is 0 Å². The molecule has 0 aromatic heterocycles. The highest BCUT2D eigenvalue weighted by Gasteiger charge is 2.34. The van der Waals surface area contributed by atoms with Crippen LogP contribution in [0.1, 0.15) is 18.4 Å². The molecule has 2 aliphatic rings. The smallest absolute Gasteiger partial charge is 0.249 e. The third-order valence-electron chi connectivity index (χ3n) is 4.22. The van der Waals surface area contributed by atoms with Crippen LogP contribution in [0.2, 0.25) is 0 Å². The fraction of sp³-hybridized carbons (Fsp3) is 0.529. The van der Waals surface area contributed by atoms with Gasteiger partial charge in [-0.3, -0.25) is 9.59 Å². The number of ether oxygens (including phenoxy) is 2. The van der Waals surface area contributed by atoms with Gasteiger partial charge in [-0.25, -0.2) is 0 Å². The summed E-state index contributed by atoms with van der Waals surface area (Å²) in [5.41, 5.74) is 1.000. The number of carbonyl (C=O) groups is 2. The fourth-order valence-electron chi connectivity index (χ4n) is 2.94. The lowest BCUT2D eigenvalue weighted by atomic mass is 10.1. The summed E-state index contributed by atoms with van der Waals surface area (Å²) in [6, 6.07) is 9.09. The van der Waals surface area contributed by atoms with Crippen molar-refractivity contribution in [1.29, 1.82) is 0 Å². The molecule has 0 saturated carbocycles. The van der Waals surface area contributed by atoms with Gasteiger partial charge in [-0.1, -0.05) is 30.3 Å². The van der Waals surface area contributed by atoms with Crippen molar-refractivity contribution < 1.29 is 19.1 Å². The van der Waals surface area contributed by atoms with Crippen molar-refractivity contribution in [2.24, 2.45) is 0 Å². The second-order valence-corrected chi connectivity index (χ2v) is 5.92. The summed E-state index contributed by atoms with van der Waals surface area (Å²) in [6.07, 6.45) is 2.08. The molecule has 124 valence electrons. The van der Waals surface area contributed by atoms with Gasteiger partial charge >= 0.3 is 0 Å². The highest BCUT2D eigenvalue weighted by atomic mass is 16.5. The summed E-state index contributed by atoms with van der Waals surface area (Å²) in [5.74, 6) is -0.332. The van der Waals surface area contributed by atoms with Crippen molar-refractivity contribution in [3.63, 3.8) is 0 Å². The highest BCUT2D eigenvalue weighted by Crippen LogP contribution is 2.15. The molecule has 0 aliphatic carbocycles. The zero-order valence-electron chi connectivity index (χ0n) is 13.1. The molecule has 2 saturated heterocycles. The highest BCUT2D eigenvalue weighted by molar-refractivity contribution is 5.89. The standard InChI is InChI=1S/C17H22N2O4/c20-16-12-22-11-15(17(21)18-9-14-7-4-8-23-14)19(16)10-13-5-2-1-3-6-13/h1-3,5-6,14-15H,4,7-12H2,(H,18,21)/t14-,15+/m1/s1. The number of amides is 2. The first-order valence-electron chi connectivity index (χ1n) is 8.04. The minimum atomic E-state index is -0.585. The van der Waals surface area contributed by atoms with E-state index in [1.165, 1.54) is 0 Å². The van der Waals surface area contributed by atoms with E-state index in [9.17, 15) is 9.59 Å². The van der Waals surface area contributed by atoms with E-state index in [0.717, 1.165) is 25.0 Å². The number of benzene rings is 1. The van der Waals surface area contributed by atoms with Crippen LogP contribution in [0, 0.1) is 0 Å². The summed E-state index contributed by atoms with van der Waals surface area (Å²) in [5, 5.41) is 2.89. The predicted molar refractivity (Wildman–Crippen MR) is 83.6 cm³/mol. The Morgan fingerprint density at radius 2 is 2.13 bits per heavy atom. The normalized spacial score (nSPS) is 24.7. The number of nitrogens with one attached hydrogen (secondary N) is 1. The third kappa shape index (κ3) is 4.09. The van der Waals surface area contributed by atoms with Crippen molar-refractivity contribution in [1.82, 2.24) is 10.2 Å². The molecule has 0 radical (unpaired) electrons. The summed E-state index contributed by atoms with van der Waals surface area (Å²) >= 11 is 0. The minimum absolute atomic E-state index is 0.0301. The van der Waals surface area contributed by atoms with Gasteiger partial charge in [0.25, 0.3) is 0 Å². The van der Waals surface area contributed by atoms with Crippen molar-refractivity contribution >= 4 is 11.8 Å². The van der Waals surface area contributed by atoms with Crippen LogP contribution in [0.15, 0.2) is 30.3 Å². The molecule has 6 nitrogen and oxygen atoms in total. The second kappa shape index (κ2) is 7.57. The van der Waals surface area contributed by atoms with Crippen molar-refractivity contribution in [3.8, 4) is 0 Å². The number of nitrogens with zero attached hydrogens (tertiary/aromatic N) is 1. The Kier molecular flexibility index (Phi) is 5.25. The van der Waals surface area contributed by atoms with Gasteiger partial charge in [-0.15, -0.1) is 0 Å². The summed E-state index contributed by atoms with van der Waals surface area (Å²) in [7, 11) is 0. The molecule has 1 aromatic rings. The molecule has 2 aliphatic heterocycles. The fourth-order valence-corrected chi connectivity index (χ4v) is 2.94. The summed E-state index contributed by atoms with van der Waals surface area (Å²) in [6.45, 7) is 1.92. The van der Waals surface area contributed by atoms with Crippen LogP contribution in [-0.4, -0.2) is 55.2 Å². The molecule has 2 atom stereocenters. The molecule has 1 N–H and O–H groups in total. The molecule has 2 amide bonds. The van der Waals surface area contributed by atoms with Crippen LogP contribution in [-0.2, 0) is 25.6 Å². The van der Waals surface area contributed by atoms with E-state index in [2.05, 4.69) is 5.32 Å². The van der Waals surface area contributed by atoms with E-state index in [-0.39, 0.29) is 31.1 Å². The molecule has 1 aromatic carbocycles. The largest absolute Gasteiger partial charge is 0.376 e. The number of hydrogen-bond donors (Lipinski definition) is 1. The number of morpholine rings is 1. The zero-order chi connectivity index (χ0) is 16.1. The zero-order valence-corrected chi connectivity index (χ0v) is 13.1. The van der Waals surface area contributed by atoms with Crippen LogP contribution in [0.25, 0.3) is 0 Å². The van der Waals surface area contributed by atoms with E-state index < -0.39 is 6.04 Å². The molecule has 2 fully saturated rings. The van der Waals surface area contributed by atoms with E-state index in [0.29, 0.717) is 13.1 Å². The van der Waals surface area contributed by atoms with E-state index in [1.54, 1.807) is 4.90 Å². The molecule has 0 bridgehead atoms. The Bertz CT molecular complexity index is 543. The number of hydrogen-bond acceptors (Lipinski definition) is 4. The van der Waals surface area contributed by atoms with E-state index >= 15 is 0 Å². The van der Waals surface area contributed by atoms with Crippen LogP contribution in [0.5, 0.6) is 0 Å². The monoisotopic (exact) mass is 318 g/mol. The SMILES string of the molecule is O=C(NC[C@H]1CCCO1)[C@@H]1COCC(=O)N1Cc1ccccc1. The van der Waals surface area contributed by atoms with Crippen molar-refractivity contribution in [2.75, 3.05) is 26.4 Å². The van der Waals surface area contributed by atoms with Crippen LogP contribution >= 0.6 is 0 Å². The molecule has 6 heteroatoms. The Morgan fingerprint density at radius 1 is 1.30 bits per heavy atom. The van der Waals surface area contributed by atoms with Gasteiger partial charge in [0.05, 0.1) is 12.7 Å². The van der Waals surface area contributed by atoms with Crippen LogP contribution in [0.3, 0.4) is 0 Å². The lowest BCUT2D eigenvalue weighted by Gasteiger charge is -2.34. The predicted octanol–water partition coefficient (Wildman–Crippen LogP) is 0.709. The van der Waals surface area contributed by atoms with Crippen LogP contribution < -0.4 is 5.32 Å². The number of rotatable bonds is 5. The van der Waals surface area contributed by atoms with Gasteiger partial charge in [-0.05, 0) is 18.4 Å². The molecule has 0 spiro atoms. The molecular formula is C17H22N2O4. The maximum Gasteiger partial charge on any atom is 0.249 e. The molecular weight excluding hydrogens is 296 g/mol. The molecule has 3 rings (SSSR count). The Balaban J connectivity index is 1.62. The second-order valence-electron chi connectivity index (χ2n) is 5.92. The van der Waals surface area contributed by atoms with Gasteiger partial charge in [0, 0.05) is 19.7 Å². The number of carbonyl (C=O) groups excluding carboxylic acids is 2. The van der Waals surface area contributed by atoms with Crippen LogP contribution in [0.4, 0.5) is 0 Å². The third-order valence-corrected chi connectivity index (χ3v) is 4.22. The Labute approximate surface area is 135 Å². The topological polar surface area (TPSA) is 67.9 Å². The Morgan fingerprint density at radius 3 is 2.87 bits per heavy atom. The van der Waals surface area contributed by atoms with Gasteiger partial charge in [0.1, 0.15) is 12.6 Å². The average Bonchev–Trinajstić information content (AvgIpc) is 3.09. The Hall–Kier alpha value is -1.92. The maximum atomic E-state index is 12.5. The first kappa shape index (κ1) is 16.0. The molecule has 0 unspecified atom stereocenters. The van der Waals surface area contributed by atoms with Gasteiger partial charge in [0.15, 0.2) is 0 Å². The van der Waals surface area contributed by atoms with E-state index in [1.807, 2.05) is 30.3 Å². The maximum absolute atomic E-state index is 12.5. The lowest BCUT2D eigenvalue weighted by Crippen LogP contribution is -2.56. The first-order chi connectivity index (χ1) is 11.2. The first-order valence-corrected chi connectivity index (χ1v) is 8.04. The van der Waals surface area contributed by atoms with E-state index in [4.69, 9.17) is 9.47 Å².